The molecule has 2 aromatic heterocycles. The van der Waals surface area contributed by atoms with Crippen LogP contribution in [0.2, 0.25) is 0 Å². The minimum Gasteiger partial charge on any atom is -0.424 e. The van der Waals surface area contributed by atoms with E-state index in [9.17, 15) is 18.0 Å². The van der Waals surface area contributed by atoms with Gasteiger partial charge in [0.05, 0.1) is 18.1 Å². The molecule has 1 aliphatic heterocycles. The Morgan fingerprint density at radius 2 is 1.84 bits per heavy atom. The number of anilines is 2. The molecule has 1 saturated heterocycles. The van der Waals surface area contributed by atoms with Crippen LogP contribution in [0.15, 0.2) is 53.2 Å². The smallest absolute Gasteiger partial charge is 0.424 e. The topological polar surface area (TPSA) is 109 Å². The number of primary amides is 1. The van der Waals surface area contributed by atoms with Gasteiger partial charge in [-0.15, -0.1) is 0 Å². The number of benzene rings is 1. The Labute approximate surface area is 218 Å². The lowest BCUT2D eigenvalue weighted by molar-refractivity contribution is -0.141. The van der Waals surface area contributed by atoms with Crippen LogP contribution in [0.5, 0.6) is 0 Å². The average Bonchev–Trinajstić information content (AvgIpc) is 3.38. The van der Waals surface area contributed by atoms with Crippen molar-refractivity contribution in [2.45, 2.75) is 62.8 Å². The molecule has 8 nitrogen and oxygen atoms in total. The van der Waals surface area contributed by atoms with Gasteiger partial charge in [-0.2, -0.15) is 13.2 Å². The third kappa shape index (κ3) is 6.09. The fourth-order valence-corrected chi connectivity index (χ4v) is 5.35. The van der Waals surface area contributed by atoms with E-state index in [0.29, 0.717) is 29.6 Å². The fraction of sp³-hybridized carbons (Fsp3) is 0.444. The molecule has 1 saturated carbocycles. The van der Waals surface area contributed by atoms with E-state index in [1.165, 1.54) is 12.3 Å². The number of pyridine rings is 1. The van der Waals surface area contributed by atoms with E-state index in [1.54, 1.807) is 24.4 Å². The predicted molar refractivity (Wildman–Crippen MR) is 138 cm³/mol. The maximum atomic E-state index is 12.9. The van der Waals surface area contributed by atoms with E-state index in [2.05, 4.69) is 25.5 Å². The van der Waals surface area contributed by atoms with Crippen molar-refractivity contribution in [1.29, 1.82) is 0 Å². The van der Waals surface area contributed by atoms with Gasteiger partial charge < -0.3 is 25.7 Å². The molecule has 5 rings (SSSR count). The second kappa shape index (κ2) is 11.0. The highest BCUT2D eigenvalue weighted by Gasteiger charge is 2.33. The van der Waals surface area contributed by atoms with E-state index < -0.39 is 17.8 Å². The zero-order valence-electron chi connectivity index (χ0n) is 20.9. The molecule has 4 N–H and O–H groups in total. The number of hydrogen-bond acceptors (Lipinski definition) is 7. The van der Waals surface area contributed by atoms with Crippen molar-refractivity contribution in [1.82, 2.24) is 15.3 Å². The van der Waals surface area contributed by atoms with Gasteiger partial charge in [0.2, 0.25) is 5.91 Å². The number of nitrogens with one attached hydrogen (secondary N) is 2. The molecule has 3 aromatic rings. The van der Waals surface area contributed by atoms with E-state index in [0.717, 1.165) is 56.7 Å². The second-order valence-corrected chi connectivity index (χ2v) is 9.97. The van der Waals surface area contributed by atoms with E-state index in [4.69, 9.17) is 10.2 Å². The van der Waals surface area contributed by atoms with Crippen LogP contribution in [0.4, 0.5) is 24.9 Å². The van der Waals surface area contributed by atoms with E-state index >= 15 is 0 Å². The van der Waals surface area contributed by atoms with Crippen LogP contribution in [0.1, 0.15) is 54.6 Å². The number of carbonyl (C=O) groups is 1. The summed E-state index contributed by atoms with van der Waals surface area (Å²) < 4.78 is 44.6. The third-order valence-electron chi connectivity index (χ3n) is 7.29. The highest BCUT2D eigenvalue weighted by Crippen LogP contribution is 2.30. The molecule has 2 fully saturated rings. The van der Waals surface area contributed by atoms with Crippen LogP contribution in [0, 0.1) is 0 Å². The van der Waals surface area contributed by atoms with Crippen molar-refractivity contribution < 1.29 is 22.4 Å². The molecule has 1 aromatic carbocycles. The second-order valence-electron chi connectivity index (χ2n) is 9.97. The third-order valence-corrected chi connectivity index (χ3v) is 7.29. The number of halogens is 3. The van der Waals surface area contributed by atoms with Crippen LogP contribution in [-0.4, -0.2) is 47.1 Å². The van der Waals surface area contributed by atoms with Crippen molar-refractivity contribution in [3.63, 3.8) is 0 Å². The first kappa shape index (κ1) is 26.0. The molecule has 0 spiro atoms. The lowest BCUT2D eigenvalue weighted by Crippen LogP contribution is -2.54. The average molecular weight is 529 g/mol. The summed E-state index contributed by atoms with van der Waals surface area (Å²) in [6.07, 6.45) is 4.62. The van der Waals surface area contributed by atoms with Gasteiger partial charge in [0.25, 0.3) is 6.01 Å². The summed E-state index contributed by atoms with van der Waals surface area (Å²) in [5.74, 6) is 0.0423. The Morgan fingerprint density at radius 3 is 2.58 bits per heavy atom. The number of hydrogen-bond donors (Lipinski definition) is 3. The summed E-state index contributed by atoms with van der Waals surface area (Å²) in [5, 5.41) is 7.25. The molecule has 0 radical (unpaired) electrons. The van der Waals surface area contributed by atoms with Crippen molar-refractivity contribution in [2.75, 3.05) is 23.3 Å². The molecule has 1 amide bonds. The molecule has 11 heteroatoms. The molecule has 0 unspecified atom stereocenters. The summed E-state index contributed by atoms with van der Waals surface area (Å²) in [6.45, 7) is 1.49. The summed E-state index contributed by atoms with van der Waals surface area (Å²) in [5.41, 5.74) is 6.35. The van der Waals surface area contributed by atoms with Crippen molar-refractivity contribution in [2.24, 2.45) is 5.73 Å². The Bertz CT molecular complexity index is 1250. The SMILES string of the molecule is NC(=O)c1cccc(-c2cnc(N[C@@H]3CCCC[C@H]3N[C@H]3CCCN(c4ccc(C(F)(F)F)nc4)C3)o2)c1. The minimum absolute atomic E-state index is 0.121. The normalized spacial score (nSPS) is 22.3. The van der Waals surface area contributed by atoms with Crippen LogP contribution >= 0.6 is 0 Å². The summed E-state index contributed by atoms with van der Waals surface area (Å²) >= 11 is 0. The lowest BCUT2D eigenvalue weighted by Gasteiger charge is -2.40. The number of piperidine rings is 1. The van der Waals surface area contributed by atoms with Gasteiger partial charge in [0, 0.05) is 42.3 Å². The van der Waals surface area contributed by atoms with Crippen molar-refractivity contribution in [3.05, 3.63) is 60.0 Å². The molecule has 3 atom stereocenters. The number of nitrogens with zero attached hydrogens (tertiary/aromatic N) is 3. The summed E-state index contributed by atoms with van der Waals surface area (Å²) in [7, 11) is 0. The van der Waals surface area contributed by atoms with Crippen LogP contribution in [0.3, 0.4) is 0 Å². The molecule has 38 heavy (non-hydrogen) atoms. The molecule has 1 aliphatic carbocycles. The zero-order valence-corrected chi connectivity index (χ0v) is 20.9. The van der Waals surface area contributed by atoms with Gasteiger partial charge in [-0.3, -0.25) is 4.79 Å². The Hall–Kier alpha value is -3.60. The number of alkyl halides is 3. The fourth-order valence-electron chi connectivity index (χ4n) is 5.35. The minimum atomic E-state index is -4.44. The van der Waals surface area contributed by atoms with Crippen molar-refractivity contribution >= 4 is 17.6 Å². The monoisotopic (exact) mass is 528 g/mol. The number of carbonyl (C=O) groups excluding carboxylic acids is 1. The van der Waals surface area contributed by atoms with Crippen LogP contribution in [-0.2, 0) is 6.18 Å². The first-order valence-electron chi connectivity index (χ1n) is 12.9. The number of amides is 1. The molecule has 0 bridgehead atoms. The molecule has 3 heterocycles. The van der Waals surface area contributed by atoms with Crippen LogP contribution in [0.25, 0.3) is 11.3 Å². The summed E-state index contributed by atoms with van der Waals surface area (Å²) in [6, 6.07) is 10.4. The molecule has 2 aliphatic rings. The Kier molecular flexibility index (Phi) is 7.55. The van der Waals surface area contributed by atoms with Gasteiger partial charge in [0.15, 0.2) is 5.76 Å². The van der Waals surface area contributed by atoms with Crippen LogP contribution < -0.4 is 21.3 Å². The number of oxazole rings is 1. The van der Waals surface area contributed by atoms with Gasteiger partial charge in [0.1, 0.15) is 5.69 Å². The van der Waals surface area contributed by atoms with Gasteiger partial charge in [-0.25, -0.2) is 9.97 Å². The highest BCUT2D eigenvalue weighted by atomic mass is 19.4. The maximum Gasteiger partial charge on any atom is 0.433 e. The van der Waals surface area contributed by atoms with Gasteiger partial charge in [-0.1, -0.05) is 25.0 Å². The largest absolute Gasteiger partial charge is 0.433 e. The van der Waals surface area contributed by atoms with E-state index in [-0.39, 0.29) is 18.1 Å². The zero-order chi connectivity index (χ0) is 26.7. The van der Waals surface area contributed by atoms with Crippen molar-refractivity contribution in [3.8, 4) is 11.3 Å². The Morgan fingerprint density at radius 1 is 1.03 bits per heavy atom. The standard InChI is InChI=1S/C27H31F3N6O2/c28-27(29,30)24-11-10-20(14-32-24)36-12-4-7-19(16-36)34-21-8-1-2-9-22(21)35-26-33-15-23(38-26)17-5-3-6-18(13-17)25(31)37/h3,5-6,10-11,13-15,19,21-22,34H,1-2,4,7-9,12,16H2,(H2,31,37)(H,33,35)/t19-,21+,22+/m0/s1. The predicted octanol–water partition coefficient (Wildman–Crippen LogP) is 4.84. The number of nitrogens with two attached hydrogens (primary N) is 1. The number of rotatable bonds is 7. The quantitative estimate of drug-likeness (QED) is 0.403. The van der Waals surface area contributed by atoms with E-state index in [1.807, 2.05) is 6.07 Å². The summed E-state index contributed by atoms with van der Waals surface area (Å²) in [4.78, 5) is 21.6. The number of aromatic nitrogens is 2. The first-order chi connectivity index (χ1) is 18.3. The Balaban J connectivity index is 1.22. The molecule has 202 valence electrons. The highest BCUT2D eigenvalue weighted by molar-refractivity contribution is 5.93. The first-order valence-corrected chi connectivity index (χ1v) is 12.9. The molecular weight excluding hydrogens is 497 g/mol. The lowest BCUT2D eigenvalue weighted by atomic mass is 9.89. The van der Waals surface area contributed by atoms with Gasteiger partial charge >= 0.3 is 6.18 Å². The van der Waals surface area contributed by atoms with Gasteiger partial charge in [-0.05, 0) is 49.9 Å². The maximum absolute atomic E-state index is 12.9. The molecular formula is C27H31F3N6O2.